The van der Waals surface area contributed by atoms with Gasteiger partial charge in [0, 0.05) is 31.3 Å². The van der Waals surface area contributed by atoms with Crippen molar-refractivity contribution in [1.82, 2.24) is 4.90 Å². The van der Waals surface area contributed by atoms with Crippen LogP contribution in [0.1, 0.15) is 36.8 Å². The third-order valence-corrected chi connectivity index (χ3v) is 3.77. The second-order valence-electron chi connectivity index (χ2n) is 5.02. The highest BCUT2D eigenvalue weighted by atomic mass is 19.1. The normalized spacial score (nSPS) is 15.3. The number of nitrogens with zero attached hydrogens (tertiary/aromatic N) is 2. The van der Waals surface area contributed by atoms with E-state index in [2.05, 4.69) is 4.90 Å². The van der Waals surface area contributed by atoms with Crippen molar-refractivity contribution in [3.8, 4) is 6.07 Å². The topological polar surface area (TPSA) is 47.3 Å². The highest BCUT2D eigenvalue weighted by Gasteiger charge is 2.25. The van der Waals surface area contributed by atoms with Gasteiger partial charge >= 0.3 is 0 Å². The Morgan fingerprint density at radius 2 is 2.21 bits per heavy atom. The molecule has 0 bridgehead atoms. The number of hydrogen-bond acceptors (Lipinski definition) is 3. The van der Waals surface area contributed by atoms with Crippen molar-refractivity contribution in [2.45, 2.75) is 38.3 Å². The fourth-order valence-corrected chi connectivity index (χ4v) is 2.42. The number of benzene rings is 1. The van der Waals surface area contributed by atoms with E-state index in [0.29, 0.717) is 24.6 Å². The van der Waals surface area contributed by atoms with Crippen molar-refractivity contribution in [1.29, 1.82) is 5.26 Å². The number of halogens is 1. The number of nitriles is 1. The summed E-state index contributed by atoms with van der Waals surface area (Å²) in [5.41, 5.74) is 0.678. The molecule has 0 heterocycles. The Morgan fingerprint density at radius 3 is 2.79 bits per heavy atom. The second-order valence-corrected chi connectivity index (χ2v) is 5.02. The van der Waals surface area contributed by atoms with Gasteiger partial charge in [-0.15, -0.1) is 0 Å². The van der Waals surface area contributed by atoms with Gasteiger partial charge in [0.2, 0.25) is 0 Å². The summed E-state index contributed by atoms with van der Waals surface area (Å²) in [5, 5.41) is 17.8. The van der Waals surface area contributed by atoms with Crippen LogP contribution < -0.4 is 0 Å². The summed E-state index contributed by atoms with van der Waals surface area (Å²) in [5.74, 6) is -0.404. The van der Waals surface area contributed by atoms with Crippen LogP contribution >= 0.6 is 0 Å². The van der Waals surface area contributed by atoms with Crippen molar-refractivity contribution >= 4 is 0 Å². The lowest BCUT2D eigenvalue weighted by molar-refractivity contribution is 0.108. The minimum Gasteiger partial charge on any atom is -0.396 e. The molecule has 0 aromatic heterocycles. The van der Waals surface area contributed by atoms with E-state index in [1.165, 1.54) is 12.5 Å². The molecule has 1 N–H and O–H groups in total. The highest BCUT2D eigenvalue weighted by molar-refractivity contribution is 5.34. The molecule has 0 unspecified atom stereocenters. The molecule has 0 saturated heterocycles. The fraction of sp³-hybridized carbons (Fsp3) is 0.533. The quantitative estimate of drug-likeness (QED) is 0.856. The van der Waals surface area contributed by atoms with Gasteiger partial charge in [-0.05, 0) is 25.3 Å². The molecular formula is C15H19FN2O. The van der Waals surface area contributed by atoms with Gasteiger partial charge in [0.15, 0.2) is 0 Å². The third-order valence-electron chi connectivity index (χ3n) is 3.77. The zero-order valence-corrected chi connectivity index (χ0v) is 11.0. The van der Waals surface area contributed by atoms with E-state index in [1.54, 1.807) is 12.1 Å². The SMILES string of the molecule is N#Cc1cccc(CN(CCCO)C2CCC2)c1F. The van der Waals surface area contributed by atoms with Crippen LogP contribution in [0.3, 0.4) is 0 Å². The molecule has 102 valence electrons. The van der Waals surface area contributed by atoms with Crippen molar-refractivity contribution < 1.29 is 9.50 Å². The molecule has 0 amide bonds. The van der Waals surface area contributed by atoms with Gasteiger partial charge in [0.1, 0.15) is 11.9 Å². The van der Waals surface area contributed by atoms with Crippen molar-refractivity contribution in [3.63, 3.8) is 0 Å². The van der Waals surface area contributed by atoms with Crippen LogP contribution in [0.2, 0.25) is 0 Å². The standard InChI is InChI=1S/C15H19FN2O/c16-15-12(10-17)4-1-5-13(15)11-18(8-3-9-19)14-6-2-7-14/h1,4-5,14,19H,2-3,6-9,11H2. The summed E-state index contributed by atoms with van der Waals surface area (Å²) in [4.78, 5) is 2.22. The van der Waals surface area contributed by atoms with E-state index in [4.69, 9.17) is 10.4 Å². The molecule has 1 aromatic rings. The lowest BCUT2D eigenvalue weighted by Gasteiger charge is -2.37. The zero-order valence-electron chi connectivity index (χ0n) is 11.0. The predicted octanol–water partition coefficient (Wildman–Crippen LogP) is 2.43. The molecule has 1 fully saturated rings. The molecule has 1 aromatic carbocycles. The van der Waals surface area contributed by atoms with Gasteiger partial charge in [-0.1, -0.05) is 18.6 Å². The summed E-state index contributed by atoms with van der Waals surface area (Å²) in [7, 11) is 0. The first-order valence-corrected chi connectivity index (χ1v) is 6.78. The van der Waals surface area contributed by atoms with Gasteiger partial charge in [0.05, 0.1) is 5.56 Å². The first kappa shape index (κ1) is 14.0. The zero-order chi connectivity index (χ0) is 13.7. The van der Waals surface area contributed by atoms with Crippen LogP contribution in [-0.2, 0) is 6.54 Å². The summed E-state index contributed by atoms with van der Waals surface area (Å²) < 4.78 is 14.0. The molecule has 1 aliphatic rings. The summed E-state index contributed by atoms with van der Waals surface area (Å²) in [6, 6.07) is 7.33. The van der Waals surface area contributed by atoms with Gasteiger partial charge < -0.3 is 5.11 Å². The molecule has 1 saturated carbocycles. The van der Waals surface area contributed by atoms with Crippen LogP contribution in [0.15, 0.2) is 18.2 Å². The van der Waals surface area contributed by atoms with Gasteiger partial charge in [0.25, 0.3) is 0 Å². The predicted molar refractivity (Wildman–Crippen MR) is 70.9 cm³/mol. The monoisotopic (exact) mass is 262 g/mol. The summed E-state index contributed by atoms with van der Waals surface area (Å²) in [6.45, 7) is 1.45. The lowest BCUT2D eigenvalue weighted by atomic mass is 9.91. The lowest BCUT2D eigenvalue weighted by Crippen LogP contribution is -2.40. The smallest absolute Gasteiger partial charge is 0.145 e. The number of hydrogen-bond donors (Lipinski definition) is 1. The van der Waals surface area contributed by atoms with E-state index in [9.17, 15) is 4.39 Å². The van der Waals surface area contributed by atoms with Crippen LogP contribution in [0, 0.1) is 17.1 Å². The molecule has 19 heavy (non-hydrogen) atoms. The number of aliphatic hydroxyl groups is 1. The molecule has 2 rings (SSSR count). The third kappa shape index (κ3) is 3.31. The molecule has 0 aliphatic heterocycles. The maximum atomic E-state index is 14.0. The van der Waals surface area contributed by atoms with E-state index in [-0.39, 0.29) is 12.2 Å². The van der Waals surface area contributed by atoms with Gasteiger partial charge in [-0.25, -0.2) is 4.39 Å². The van der Waals surface area contributed by atoms with Crippen molar-refractivity contribution in [2.24, 2.45) is 0 Å². The van der Waals surface area contributed by atoms with E-state index >= 15 is 0 Å². The first-order chi connectivity index (χ1) is 9.26. The van der Waals surface area contributed by atoms with Gasteiger partial charge in [-0.3, -0.25) is 4.90 Å². The minimum atomic E-state index is -0.404. The van der Waals surface area contributed by atoms with Crippen LogP contribution in [0.25, 0.3) is 0 Å². The van der Waals surface area contributed by atoms with E-state index < -0.39 is 5.82 Å². The molecule has 0 spiro atoms. The van der Waals surface area contributed by atoms with E-state index in [1.807, 2.05) is 6.07 Å². The van der Waals surface area contributed by atoms with Crippen LogP contribution in [0.5, 0.6) is 0 Å². The average Bonchev–Trinajstić information content (AvgIpc) is 2.36. The molecule has 0 radical (unpaired) electrons. The molecule has 3 nitrogen and oxygen atoms in total. The Bertz CT molecular complexity index is 466. The van der Waals surface area contributed by atoms with Gasteiger partial charge in [-0.2, -0.15) is 5.26 Å². The molecule has 1 aliphatic carbocycles. The van der Waals surface area contributed by atoms with E-state index in [0.717, 1.165) is 19.4 Å². The Kier molecular flexibility index (Phi) is 4.89. The molecular weight excluding hydrogens is 243 g/mol. The summed E-state index contributed by atoms with van der Waals surface area (Å²) >= 11 is 0. The van der Waals surface area contributed by atoms with Crippen LogP contribution in [-0.4, -0.2) is 29.2 Å². The molecule has 0 atom stereocenters. The van der Waals surface area contributed by atoms with Crippen molar-refractivity contribution in [2.75, 3.05) is 13.2 Å². The minimum absolute atomic E-state index is 0.105. The Morgan fingerprint density at radius 1 is 1.42 bits per heavy atom. The number of aliphatic hydroxyl groups excluding tert-OH is 1. The average molecular weight is 262 g/mol. The second kappa shape index (κ2) is 6.65. The maximum absolute atomic E-state index is 14.0. The highest BCUT2D eigenvalue weighted by Crippen LogP contribution is 2.27. The molecule has 4 heteroatoms. The summed E-state index contributed by atoms with van der Waals surface area (Å²) in [6.07, 6.45) is 4.22. The number of rotatable bonds is 6. The Hall–Kier alpha value is -1.44. The Labute approximate surface area is 113 Å². The fourth-order valence-electron chi connectivity index (χ4n) is 2.42. The van der Waals surface area contributed by atoms with Crippen molar-refractivity contribution in [3.05, 3.63) is 35.1 Å². The maximum Gasteiger partial charge on any atom is 0.145 e. The Balaban J connectivity index is 2.10. The first-order valence-electron chi connectivity index (χ1n) is 6.78. The van der Waals surface area contributed by atoms with Crippen LogP contribution in [0.4, 0.5) is 4.39 Å². The largest absolute Gasteiger partial charge is 0.396 e.